The number of nitrogens with one attached hydrogen (secondary N) is 1. The number of nitrogens with zero attached hydrogens (tertiary/aromatic N) is 1. The average molecular weight is 284 g/mol. The van der Waals surface area contributed by atoms with Gasteiger partial charge in [-0.05, 0) is 25.7 Å². The second kappa shape index (κ2) is 5.99. The van der Waals surface area contributed by atoms with Crippen molar-refractivity contribution in [3.63, 3.8) is 0 Å². The predicted molar refractivity (Wildman–Crippen MR) is 73.5 cm³/mol. The van der Waals surface area contributed by atoms with E-state index in [1.54, 1.807) is 4.90 Å². The average Bonchev–Trinajstić information content (AvgIpc) is 2.36. The highest BCUT2D eigenvalue weighted by molar-refractivity contribution is 5.79. The Morgan fingerprint density at radius 3 is 2.55 bits per heavy atom. The number of carboxylic acid groups (broad SMARTS) is 1. The molecule has 0 bridgehead atoms. The summed E-state index contributed by atoms with van der Waals surface area (Å²) >= 11 is 0. The highest BCUT2D eigenvalue weighted by atomic mass is 16.5. The summed E-state index contributed by atoms with van der Waals surface area (Å²) in [6.45, 7) is 5.53. The van der Waals surface area contributed by atoms with Gasteiger partial charge < -0.3 is 20.1 Å². The van der Waals surface area contributed by atoms with Gasteiger partial charge in [0.2, 0.25) is 0 Å². The lowest BCUT2D eigenvalue weighted by Gasteiger charge is -2.42. The summed E-state index contributed by atoms with van der Waals surface area (Å²) in [6.07, 6.45) is 3.55. The van der Waals surface area contributed by atoms with Crippen LogP contribution in [0.25, 0.3) is 0 Å². The summed E-state index contributed by atoms with van der Waals surface area (Å²) in [5.41, 5.74) is -0.116. The van der Waals surface area contributed by atoms with E-state index >= 15 is 0 Å². The Morgan fingerprint density at radius 1 is 1.35 bits per heavy atom. The van der Waals surface area contributed by atoms with Gasteiger partial charge in [0.15, 0.2) is 0 Å². The predicted octanol–water partition coefficient (Wildman–Crippen LogP) is 1.45. The van der Waals surface area contributed by atoms with E-state index < -0.39 is 11.9 Å². The minimum Gasteiger partial charge on any atom is -0.481 e. The topological polar surface area (TPSA) is 78.9 Å². The molecule has 2 aliphatic heterocycles. The molecule has 0 aromatic carbocycles. The third kappa shape index (κ3) is 3.06. The number of amides is 2. The molecular formula is C14H24N2O4. The van der Waals surface area contributed by atoms with Gasteiger partial charge in [0.25, 0.3) is 0 Å². The van der Waals surface area contributed by atoms with Crippen molar-refractivity contribution in [2.24, 2.45) is 5.92 Å². The summed E-state index contributed by atoms with van der Waals surface area (Å²) < 4.78 is 5.88. The van der Waals surface area contributed by atoms with Crippen molar-refractivity contribution >= 4 is 12.0 Å². The van der Waals surface area contributed by atoms with E-state index in [0.29, 0.717) is 19.7 Å². The summed E-state index contributed by atoms with van der Waals surface area (Å²) in [6, 6.07) is -0.0180. The number of hydrogen-bond donors (Lipinski definition) is 2. The zero-order valence-corrected chi connectivity index (χ0v) is 12.2. The van der Waals surface area contributed by atoms with E-state index in [-0.39, 0.29) is 17.7 Å². The minimum absolute atomic E-state index is 0.116. The number of ether oxygens (including phenoxy) is 1. The molecule has 6 heteroatoms. The van der Waals surface area contributed by atoms with Crippen molar-refractivity contribution in [2.75, 3.05) is 19.7 Å². The van der Waals surface area contributed by atoms with Crippen molar-refractivity contribution in [3.8, 4) is 0 Å². The van der Waals surface area contributed by atoms with Crippen LogP contribution in [0.1, 0.15) is 39.5 Å². The summed E-state index contributed by atoms with van der Waals surface area (Å²) in [5.74, 6) is -1.23. The molecule has 0 saturated carbocycles. The molecule has 1 atom stereocenters. The summed E-state index contributed by atoms with van der Waals surface area (Å²) in [4.78, 5) is 24.3. The summed E-state index contributed by atoms with van der Waals surface area (Å²) in [5, 5.41) is 11.8. The fourth-order valence-corrected chi connectivity index (χ4v) is 2.96. The van der Waals surface area contributed by atoms with Crippen molar-refractivity contribution in [1.82, 2.24) is 10.2 Å². The zero-order valence-electron chi connectivity index (χ0n) is 12.2. The Balaban J connectivity index is 1.81. The highest BCUT2D eigenvalue weighted by Gasteiger charge is 2.39. The Bertz CT molecular complexity index is 375. The van der Waals surface area contributed by atoms with E-state index in [9.17, 15) is 9.59 Å². The molecule has 0 radical (unpaired) electrons. The van der Waals surface area contributed by atoms with Crippen molar-refractivity contribution < 1.29 is 19.4 Å². The van der Waals surface area contributed by atoms with E-state index in [1.807, 2.05) is 0 Å². The molecule has 2 aliphatic rings. The monoisotopic (exact) mass is 284 g/mol. The normalized spacial score (nSPS) is 25.9. The standard InChI is InChI=1S/C14H24N2O4/c1-3-14(4-2)7-11(5-6-20-14)15-13(19)16-8-10(9-16)12(17)18/h10-11H,3-9H2,1-2H3,(H,15,19)(H,17,18). The molecule has 2 rings (SSSR count). The first-order valence-electron chi connectivity index (χ1n) is 7.42. The SMILES string of the molecule is CCC1(CC)CC(NC(=O)N2CC(C(=O)O)C2)CCO1. The van der Waals surface area contributed by atoms with Crippen LogP contribution in [-0.2, 0) is 9.53 Å². The van der Waals surface area contributed by atoms with Gasteiger partial charge in [-0.3, -0.25) is 4.79 Å². The van der Waals surface area contributed by atoms with Crippen molar-refractivity contribution in [2.45, 2.75) is 51.2 Å². The van der Waals surface area contributed by atoms with Gasteiger partial charge in [-0.25, -0.2) is 4.79 Å². The summed E-state index contributed by atoms with van der Waals surface area (Å²) in [7, 11) is 0. The van der Waals surface area contributed by atoms with Crippen LogP contribution in [0, 0.1) is 5.92 Å². The molecule has 114 valence electrons. The third-order valence-corrected chi connectivity index (χ3v) is 4.63. The Morgan fingerprint density at radius 2 is 2.00 bits per heavy atom. The number of carbonyl (C=O) groups excluding carboxylic acids is 1. The minimum atomic E-state index is -0.823. The molecule has 2 saturated heterocycles. The van der Waals surface area contributed by atoms with Gasteiger partial charge >= 0.3 is 12.0 Å². The maximum Gasteiger partial charge on any atom is 0.317 e. The van der Waals surface area contributed by atoms with Gasteiger partial charge in [-0.15, -0.1) is 0 Å². The van der Waals surface area contributed by atoms with Gasteiger partial charge in [0.05, 0.1) is 11.5 Å². The number of carboxylic acids is 1. The lowest BCUT2D eigenvalue weighted by atomic mass is 9.86. The molecule has 2 N–H and O–H groups in total. The van der Waals surface area contributed by atoms with Crippen molar-refractivity contribution in [1.29, 1.82) is 0 Å². The maximum absolute atomic E-state index is 12.0. The smallest absolute Gasteiger partial charge is 0.317 e. The van der Waals surface area contributed by atoms with Gasteiger partial charge in [0.1, 0.15) is 0 Å². The van der Waals surface area contributed by atoms with E-state index in [0.717, 1.165) is 25.7 Å². The van der Waals surface area contributed by atoms with Crippen LogP contribution >= 0.6 is 0 Å². The molecule has 2 amide bonds. The second-order valence-electron chi connectivity index (χ2n) is 5.82. The fraction of sp³-hybridized carbons (Fsp3) is 0.857. The first-order valence-corrected chi connectivity index (χ1v) is 7.42. The highest BCUT2D eigenvalue weighted by Crippen LogP contribution is 2.31. The van der Waals surface area contributed by atoms with Crippen LogP contribution < -0.4 is 5.32 Å². The van der Waals surface area contributed by atoms with E-state index in [2.05, 4.69) is 19.2 Å². The molecule has 20 heavy (non-hydrogen) atoms. The molecule has 2 heterocycles. The van der Waals surface area contributed by atoms with E-state index in [1.165, 1.54) is 0 Å². The molecular weight excluding hydrogens is 260 g/mol. The first-order chi connectivity index (χ1) is 9.49. The lowest BCUT2D eigenvalue weighted by Crippen LogP contribution is -2.59. The molecule has 0 spiro atoms. The Hall–Kier alpha value is -1.30. The molecule has 0 aliphatic carbocycles. The number of hydrogen-bond acceptors (Lipinski definition) is 3. The zero-order chi connectivity index (χ0) is 14.8. The number of rotatable bonds is 4. The van der Waals surface area contributed by atoms with Gasteiger partial charge in [-0.1, -0.05) is 13.8 Å². The lowest BCUT2D eigenvalue weighted by molar-refractivity contribution is -0.146. The second-order valence-corrected chi connectivity index (χ2v) is 5.82. The van der Waals surface area contributed by atoms with Crippen LogP contribution in [0.5, 0.6) is 0 Å². The number of likely N-dealkylation sites (tertiary alicyclic amines) is 1. The number of urea groups is 1. The molecule has 6 nitrogen and oxygen atoms in total. The van der Waals surface area contributed by atoms with Gasteiger partial charge in [-0.2, -0.15) is 0 Å². The molecule has 0 aromatic heterocycles. The maximum atomic E-state index is 12.0. The number of carbonyl (C=O) groups is 2. The van der Waals surface area contributed by atoms with Crippen LogP contribution in [0.3, 0.4) is 0 Å². The van der Waals surface area contributed by atoms with Crippen LogP contribution in [0.2, 0.25) is 0 Å². The van der Waals surface area contributed by atoms with Gasteiger partial charge in [0, 0.05) is 25.7 Å². The fourth-order valence-electron chi connectivity index (χ4n) is 2.96. The Kier molecular flexibility index (Phi) is 4.52. The van der Waals surface area contributed by atoms with Crippen LogP contribution in [0.15, 0.2) is 0 Å². The first kappa shape index (κ1) is 15.1. The molecule has 2 fully saturated rings. The third-order valence-electron chi connectivity index (χ3n) is 4.63. The molecule has 0 aromatic rings. The van der Waals surface area contributed by atoms with Crippen molar-refractivity contribution in [3.05, 3.63) is 0 Å². The molecule has 1 unspecified atom stereocenters. The van der Waals surface area contributed by atoms with Crippen LogP contribution in [-0.4, -0.2) is 53.3 Å². The van der Waals surface area contributed by atoms with Crippen LogP contribution in [0.4, 0.5) is 4.79 Å². The Labute approximate surface area is 119 Å². The number of aliphatic carboxylic acids is 1. The quantitative estimate of drug-likeness (QED) is 0.819. The van der Waals surface area contributed by atoms with E-state index in [4.69, 9.17) is 9.84 Å². The largest absolute Gasteiger partial charge is 0.481 e.